The molecule has 5 heteroatoms. The molecule has 94 valence electrons. The van der Waals surface area contributed by atoms with Crippen molar-refractivity contribution in [2.24, 2.45) is 0 Å². The first kappa shape index (κ1) is 12.6. The van der Waals surface area contributed by atoms with E-state index in [4.69, 9.17) is 16.1 Å². The van der Waals surface area contributed by atoms with E-state index in [9.17, 15) is 4.79 Å². The van der Waals surface area contributed by atoms with Crippen molar-refractivity contribution in [2.45, 2.75) is 20.4 Å². The van der Waals surface area contributed by atoms with Gasteiger partial charge >= 0.3 is 0 Å². The van der Waals surface area contributed by atoms with Gasteiger partial charge in [-0.15, -0.1) is 0 Å². The van der Waals surface area contributed by atoms with Crippen LogP contribution in [0.2, 0.25) is 5.02 Å². The molecule has 0 spiro atoms. The number of hydrogen-bond donors (Lipinski definition) is 1. The van der Waals surface area contributed by atoms with Gasteiger partial charge in [0.25, 0.3) is 5.91 Å². The molecule has 1 aromatic carbocycles. The zero-order valence-electron chi connectivity index (χ0n) is 10.2. The van der Waals surface area contributed by atoms with Crippen molar-refractivity contribution in [3.05, 3.63) is 51.9 Å². The van der Waals surface area contributed by atoms with Gasteiger partial charge in [0, 0.05) is 17.1 Å². The summed E-state index contributed by atoms with van der Waals surface area (Å²) in [5.41, 5.74) is 2.08. The average Bonchev–Trinajstić information content (AvgIpc) is 2.69. The molecular formula is C13H13ClN2O2. The summed E-state index contributed by atoms with van der Waals surface area (Å²) in [6, 6.07) is 7.30. The normalized spacial score (nSPS) is 10.4. The Morgan fingerprint density at radius 2 is 2.00 bits per heavy atom. The lowest BCUT2D eigenvalue weighted by Crippen LogP contribution is -2.23. The molecular weight excluding hydrogens is 252 g/mol. The average molecular weight is 265 g/mol. The minimum atomic E-state index is -0.237. The summed E-state index contributed by atoms with van der Waals surface area (Å²) in [5, 5.41) is 7.19. The molecule has 1 amide bonds. The Morgan fingerprint density at radius 1 is 1.33 bits per heavy atom. The fourth-order valence-corrected chi connectivity index (χ4v) is 1.62. The van der Waals surface area contributed by atoms with Crippen molar-refractivity contribution in [3.63, 3.8) is 0 Å². The number of aromatic nitrogens is 1. The zero-order chi connectivity index (χ0) is 13.1. The monoisotopic (exact) mass is 264 g/mol. The second kappa shape index (κ2) is 5.23. The highest BCUT2D eigenvalue weighted by molar-refractivity contribution is 6.30. The quantitative estimate of drug-likeness (QED) is 0.927. The number of amides is 1. The highest BCUT2D eigenvalue weighted by Crippen LogP contribution is 2.12. The molecule has 0 unspecified atom stereocenters. The van der Waals surface area contributed by atoms with Gasteiger partial charge in [-0.1, -0.05) is 28.9 Å². The van der Waals surface area contributed by atoms with Gasteiger partial charge in [0.15, 0.2) is 5.69 Å². The summed E-state index contributed by atoms with van der Waals surface area (Å²) in [5.74, 6) is 0.422. The first-order valence-corrected chi connectivity index (χ1v) is 5.91. The lowest BCUT2D eigenvalue weighted by molar-refractivity contribution is 0.0941. The van der Waals surface area contributed by atoms with Crippen LogP contribution >= 0.6 is 11.6 Å². The fourth-order valence-electron chi connectivity index (χ4n) is 1.50. The Morgan fingerprint density at radius 3 is 2.56 bits per heavy atom. The predicted molar refractivity (Wildman–Crippen MR) is 68.6 cm³/mol. The smallest absolute Gasteiger partial charge is 0.274 e. The van der Waals surface area contributed by atoms with Gasteiger partial charge in [-0.2, -0.15) is 0 Å². The van der Waals surface area contributed by atoms with Crippen LogP contribution in [-0.4, -0.2) is 11.1 Å². The van der Waals surface area contributed by atoms with Crippen LogP contribution in [0.3, 0.4) is 0 Å². The van der Waals surface area contributed by atoms with E-state index in [2.05, 4.69) is 10.5 Å². The summed E-state index contributed by atoms with van der Waals surface area (Å²) in [6.45, 7) is 4.02. The third-order valence-electron chi connectivity index (χ3n) is 2.74. The number of aryl methyl sites for hydroxylation is 1. The Bertz CT molecular complexity index is 561. The van der Waals surface area contributed by atoms with Crippen LogP contribution in [0.1, 0.15) is 27.4 Å². The molecule has 0 fully saturated rings. The molecule has 0 aliphatic heterocycles. The van der Waals surface area contributed by atoms with E-state index >= 15 is 0 Å². The minimum Gasteiger partial charge on any atom is -0.361 e. The van der Waals surface area contributed by atoms with E-state index in [1.807, 2.05) is 19.1 Å². The number of carbonyl (C=O) groups is 1. The molecule has 1 N–H and O–H groups in total. The summed E-state index contributed by atoms with van der Waals surface area (Å²) in [7, 11) is 0. The highest BCUT2D eigenvalue weighted by Gasteiger charge is 2.15. The first-order valence-electron chi connectivity index (χ1n) is 5.53. The number of nitrogens with one attached hydrogen (secondary N) is 1. The van der Waals surface area contributed by atoms with Gasteiger partial charge in [-0.05, 0) is 31.5 Å². The molecule has 0 radical (unpaired) electrons. The van der Waals surface area contributed by atoms with Crippen molar-refractivity contribution in [1.29, 1.82) is 0 Å². The van der Waals surface area contributed by atoms with E-state index in [0.717, 1.165) is 11.1 Å². The molecule has 0 aliphatic carbocycles. The molecule has 0 atom stereocenters. The number of nitrogens with zero attached hydrogens (tertiary/aromatic N) is 1. The van der Waals surface area contributed by atoms with Crippen LogP contribution < -0.4 is 5.32 Å². The van der Waals surface area contributed by atoms with Crippen molar-refractivity contribution in [1.82, 2.24) is 10.5 Å². The van der Waals surface area contributed by atoms with Gasteiger partial charge in [0.05, 0.1) is 0 Å². The topological polar surface area (TPSA) is 55.1 Å². The molecule has 4 nitrogen and oxygen atoms in total. The molecule has 2 rings (SSSR count). The second-order valence-corrected chi connectivity index (χ2v) is 4.46. The molecule has 2 aromatic rings. The molecule has 0 bridgehead atoms. The van der Waals surface area contributed by atoms with Crippen LogP contribution in [0.5, 0.6) is 0 Å². The standard InChI is InChI=1S/C13H13ClN2O2/c1-8-9(2)18-16-12(8)13(17)15-7-10-3-5-11(14)6-4-10/h3-6H,7H2,1-2H3,(H,15,17). The third kappa shape index (κ3) is 2.71. The highest BCUT2D eigenvalue weighted by atomic mass is 35.5. The minimum absolute atomic E-state index is 0.237. The molecule has 1 aromatic heterocycles. The Hall–Kier alpha value is -1.81. The van der Waals surface area contributed by atoms with Crippen LogP contribution in [0.25, 0.3) is 0 Å². The number of halogens is 1. The predicted octanol–water partition coefficient (Wildman–Crippen LogP) is 2.87. The molecule has 0 aliphatic rings. The van der Waals surface area contributed by atoms with Crippen LogP contribution in [-0.2, 0) is 6.54 Å². The van der Waals surface area contributed by atoms with Gasteiger partial charge in [-0.25, -0.2) is 0 Å². The van der Waals surface area contributed by atoms with Crippen LogP contribution in [0, 0.1) is 13.8 Å². The van der Waals surface area contributed by atoms with E-state index < -0.39 is 0 Å². The lowest BCUT2D eigenvalue weighted by atomic mass is 10.2. The lowest BCUT2D eigenvalue weighted by Gasteiger charge is -2.03. The van der Waals surface area contributed by atoms with E-state index in [0.29, 0.717) is 23.0 Å². The Balaban J connectivity index is 2.00. The SMILES string of the molecule is Cc1onc(C(=O)NCc2ccc(Cl)cc2)c1C. The second-order valence-electron chi connectivity index (χ2n) is 4.02. The van der Waals surface area contributed by atoms with Crippen molar-refractivity contribution in [3.8, 4) is 0 Å². The summed E-state index contributed by atoms with van der Waals surface area (Å²) in [4.78, 5) is 11.9. The number of carbonyl (C=O) groups excluding carboxylic acids is 1. The zero-order valence-corrected chi connectivity index (χ0v) is 10.9. The molecule has 0 saturated carbocycles. The Labute approximate surface area is 110 Å². The molecule has 18 heavy (non-hydrogen) atoms. The summed E-state index contributed by atoms with van der Waals surface area (Å²) < 4.78 is 4.96. The van der Waals surface area contributed by atoms with Gasteiger partial charge < -0.3 is 9.84 Å². The fraction of sp³-hybridized carbons (Fsp3) is 0.231. The van der Waals surface area contributed by atoms with Crippen LogP contribution in [0.4, 0.5) is 0 Å². The van der Waals surface area contributed by atoms with E-state index in [1.165, 1.54) is 0 Å². The maximum absolute atomic E-state index is 11.9. The van der Waals surface area contributed by atoms with E-state index in [1.54, 1.807) is 19.1 Å². The maximum atomic E-state index is 11.9. The Kier molecular flexibility index (Phi) is 3.67. The van der Waals surface area contributed by atoms with Crippen LogP contribution in [0.15, 0.2) is 28.8 Å². The van der Waals surface area contributed by atoms with E-state index in [-0.39, 0.29) is 5.91 Å². The third-order valence-corrected chi connectivity index (χ3v) is 2.99. The molecule has 1 heterocycles. The van der Waals surface area contributed by atoms with Gasteiger partial charge in [0.2, 0.25) is 0 Å². The molecule has 0 saturated heterocycles. The van der Waals surface area contributed by atoms with Gasteiger partial charge in [0.1, 0.15) is 5.76 Å². The number of rotatable bonds is 3. The number of benzene rings is 1. The van der Waals surface area contributed by atoms with Crippen molar-refractivity contribution < 1.29 is 9.32 Å². The first-order chi connectivity index (χ1) is 8.58. The van der Waals surface area contributed by atoms with Crippen molar-refractivity contribution in [2.75, 3.05) is 0 Å². The maximum Gasteiger partial charge on any atom is 0.274 e. The summed E-state index contributed by atoms with van der Waals surface area (Å²) >= 11 is 5.78. The number of hydrogen-bond acceptors (Lipinski definition) is 3. The van der Waals surface area contributed by atoms with Gasteiger partial charge in [-0.3, -0.25) is 4.79 Å². The van der Waals surface area contributed by atoms with Crippen molar-refractivity contribution >= 4 is 17.5 Å². The summed E-state index contributed by atoms with van der Waals surface area (Å²) in [6.07, 6.45) is 0. The largest absolute Gasteiger partial charge is 0.361 e.